The largest absolute Gasteiger partial charge is 0.374 e. The lowest BCUT2D eigenvalue weighted by molar-refractivity contribution is -0.0445. The highest BCUT2D eigenvalue weighted by Gasteiger charge is 2.38. The van der Waals surface area contributed by atoms with Gasteiger partial charge in [-0.1, -0.05) is 11.6 Å². The van der Waals surface area contributed by atoms with Gasteiger partial charge in [0.25, 0.3) is 5.91 Å². The molecule has 1 aromatic carbocycles. The summed E-state index contributed by atoms with van der Waals surface area (Å²) >= 11 is 3.49. The number of amides is 1. The maximum absolute atomic E-state index is 12.8. The molecular weight excluding hydrogens is 306 g/mol. The number of morpholine rings is 1. The fourth-order valence-electron chi connectivity index (χ4n) is 3.14. The van der Waals surface area contributed by atoms with Crippen molar-refractivity contribution in [2.45, 2.75) is 38.3 Å². The summed E-state index contributed by atoms with van der Waals surface area (Å²) in [5, 5.41) is 0. The molecule has 3 rings (SSSR count). The highest BCUT2D eigenvalue weighted by atomic mass is 79.9. The lowest BCUT2D eigenvalue weighted by atomic mass is 10.1. The Morgan fingerprint density at radius 2 is 2.26 bits per heavy atom. The van der Waals surface area contributed by atoms with Gasteiger partial charge in [-0.15, -0.1) is 0 Å². The average molecular weight is 324 g/mol. The normalized spacial score (nSPS) is 26.3. The van der Waals surface area contributed by atoms with Crippen LogP contribution in [0.25, 0.3) is 0 Å². The fourth-order valence-corrected chi connectivity index (χ4v) is 3.55. The van der Waals surface area contributed by atoms with E-state index in [4.69, 9.17) is 4.74 Å². The molecule has 1 heterocycles. The zero-order chi connectivity index (χ0) is 13.4. The molecule has 3 nitrogen and oxygen atoms in total. The summed E-state index contributed by atoms with van der Waals surface area (Å²) in [4.78, 5) is 14.8. The first kappa shape index (κ1) is 13.1. The SMILES string of the molecule is Cc1ccc(Br)c(C(=O)N2CCOC3CCCC32)c1. The van der Waals surface area contributed by atoms with Gasteiger partial charge in [-0.2, -0.15) is 0 Å². The molecule has 2 atom stereocenters. The summed E-state index contributed by atoms with van der Waals surface area (Å²) < 4.78 is 6.65. The van der Waals surface area contributed by atoms with Crippen LogP contribution in [0.1, 0.15) is 35.2 Å². The highest BCUT2D eigenvalue weighted by Crippen LogP contribution is 2.31. The number of carbonyl (C=O) groups is 1. The third-order valence-corrected chi connectivity index (χ3v) is 4.79. The molecule has 2 unspecified atom stereocenters. The Morgan fingerprint density at radius 1 is 1.42 bits per heavy atom. The summed E-state index contributed by atoms with van der Waals surface area (Å²) in [5.74, 6) is 0.135. The van der Waals surface area contributed by atoms with Crippen LogP contribution in [0.5, 0.6) is 0 Å². The molecule has 0 bridgehead atoms. The standard InChI is InChI=1S/C15H18BrNO2/c1-10-5-6-12(16)11(9-10)15(18)17-7-8-19-14-4-2-3-13(14)17/h5-6,9,13-14H,2-4,7-8H2,1H3. The van der Waals surface area contributed by atoms with Gasteiger partial charge in [-0.25, -0.2) is 0 Å². The molecule has 19 heavy (non-hydrogen) atoms. The molecule has 4 heteroatoms. The lowest BCUT2D eigenvalue weighted by Crippen LogP contribution is -2.51. The van der Waals surface area contributed by atoms with Crippen LogP contribution in [0.4, 0.5) is 0 Å². The second-order valence-corrected chi connectivity index (χ2v) is 6.24. The molecule has 2 fully saturated rings. The topological polar surface area (TPSA) is 29.5 Å². The van der Waals surface area contributed by atoms with Crippen molar-refractivity contribution in [1.29, 1.82) is 0 Å². The third kappa shape index (κ3) is 2.43. The molecule has 1 aliphatic heterocycles. The number of fused-ring (bicyclic) bond motifs is 1. The maximum Gasteiger partial charge on any atom is 0.255 e. The van der Waals surface area contributed by atoms with Crippen molar-refractivity contribution in [2.75, 3.05) is 13.2 Å². The Kier molecular flexibility index (Phi) is 3.63. The van der Waals surface area contributed by atoms with Gasteiger partial charge in [0.2, 0.25) is 0 Å². The van der Waals surface area contributed by atoms with Crippen LogP contribution in [0.3, 0.4) is 0 Å². The number of hydrogen-bond acceptors (Lipinski definition) is 2. The van der Waals surface area contributed by atoms with Gasteiger partial charge in [-0.3, -0.25) is 4.79 Å². The number of nitrogens with zero attached hydrogens (tertiary/aromatic N) is 1. The first-order chi connectivity index (χ1) is 9.16. The van der Waals surface area contributed by atoms with Gasteiger partial charge < -0.3 is 9.64 Å². The van der Waals surface area contributed by atoms with Crippen molar-refractivity contribution in [3.8, 4) is 0 Å². The van der Waals surface area contributed by atoms with Gasteiger partial charge in [0, 0.05) is 11.0 Å². The number of hydrogen-bond donors (Lipinski definition) is 0. The first-order valence-corrected chi connectivity index (χ1v) is 7.65. The van der Waals surface area contributed by atoms with E-state index in [9.17, 15) is 4.79 Å². The average Bonchev–Trinajstić information content (AvgIpc) is 2.89. The second-order valence-electron chi connectivity index (χ2n) is 5.39. The van der Waals surface area contributed by atoms with E-state index in [2.05, 4.69) is 15.9 Å². The van der Waals surface area contributed by atoms with Gasteiger partial charge in [0.1, 0.15) is 0 Å². The molecule has 0 radical (unpaired) electrons. The summed E-state index contributed by atoms with van der Waals surface area (Å²) in [5.41, 5.74) is 1.88. The van der Waals surface area contributed by atoms with E-state index in [1.165, 1.54) is 0 Å². The predicted octanol–water partition coefficient (Wildman–Crippen LogP) is 3.15. The van der Waals surface area contributed by atoms with Crippen molar-refractivity contribution in [2.24, 2.45) is 0 Å². The Balaban J connectivity index is 1.88. The molecule has 2 aliphatic rings. The van der Waals surface area contributed by atoms with Gasteiger partial charge in [0.05, 0.1) is 24.3 Å². The highest BCUT2D eigenvalue weighted by molar-refractivity contribution is 9.10. The number of benzene rings is 1. The molecule has 1 aromatic rings. The zero-order valence-corrected chi connectivity index (χ0v) is 12.6. The molecule has 1 amide bonds. The maximum atomic E-state index is 12.8. The molecule has 0 spiro atoms. The van der Waals surface area contributed by atoms with Gasteiger partial charge in [0.15, 0.2) is 0 Å². The predicted molar refractivity (Wildman–Crippen MR) is 77.3 cm³/mol. The van der Waals surface area contributed by atoms with E-state index in [1.54, 1.807) is 0 Å². The number of rotatable bonds is 1. The van der Waals surface area contributed by atoms with E-state index >= 15 is 0 Å². The van der Waals surface area contributed by atoms with Crippen LogP contribution in [-0.2, 0) is 4.74 Å². The van der Waals surface area contributed by atoms with Crippen molar-refractivity contribution < 1.29 is 9.53 Å². The van der Waals surface area contributed by atoms with Crippen LogP contribution in [0.2, 0.25) is 0 Å². The van der Waals surface area contributed by atoms with E-state index in [1.807, 2.05) is 30.0 Å². The molecule has 1 aliphatic carbocycles. The van der Waals surface area contributed by atoms with E-state index < -0.39 is 0 Å². The quantitative estimate of drug-likeness (QED) is 0.794. The van der Waals surface area contributed by atoms with Crippen LogP contribution in [-0.4, -0.2) is 36.1 Å². The number of halogens is 1. The molecule has 1 saturated carbocycles. The zero-order valence-electron chi connectivity index (χ0n) is 11.1. The minimum absolute atomic E-state index is 0.135. The van der Waals surface area contributed by atoms with Crippen LogP contribution in [0.15, 0.2) is 22.7 Å². The smallest absolute Gasteiger partial charge is 0.255 e. The van der Waals surface area contributed by atoms with Crippen LogP contribution >= 0.6 is 15.9 Å². The van der Waals surface area contributed by atoms with Gasteiger partial charge >= 0.3 is 0 Å². The van der Waals surface area contributed by atoms with E-state index in [-0.39, 0.29) is 18.1 Å². The molecule has 102 valence electrons. The number of ether oxygens (including phenoxy) is 1. The Hall–Kier alpha value is -0.870. The minimum atomic E-state index is 0.135. The monoisotopic (exact) mass is 323 g/mol. The number of aryl methyl sites for hydroxylation is 1. The Bertz CT molecular complexity index is 503. The summed E-state index contributed by atoms with van der Waals surface area (Å²) in [7, 11) is 0. The van der Waals surface area contributed by atoms with Crippen LogP contribution < -0.4 is 0 Å². The molecular formula is C15H18BrNO2. The summed E-state index contributed by atoms with van der Waals surface area (Å²) in [6.45, 7) is 3.39. The summed E-state index contributed by atoms with van der Waals surface area (Å²) in [6, 6.07) is 6.20. The van der Waals surface area contributed by atoms with Crippen molar-refractivity contribution in [1.82, 2.24) is 4.90 Å². The Morgan fingerprint density at radius 3 is 3.11 bits per heavy atom. The Labute approximate surface area is 122 Å². The van der Waals surface area contributed by atoms with E-state index in [0.717, 1.165) is 34.9 Å². The first-order valence-electron chi connectivity index (χ1n) is 6.85. The van der Waals surface area contributed by atoms with Crippen molar-refractivity contribution in [3.63, 3.8) is 0 Å². The van der Waals surface area contributed by atoms with Gasteiger partial charge in [-0.05, 0) is 54.2 Å². The van der Waals surface area contributed by atoms with Crippen molar-refractivity contribution in [3.05, 3.63) is 33.8 Å². The molecule has 1 saturated heterocycles. The number of carbonyl (C=O) groups excluding carboxylic acids is 1. The fraction of sp³-hybridized carbons (Fsp3) is 0.533. The second kappa shape index (κ2) is 5.25. The summed E-state index contributed by atoms with van der Waals surface area (Å²) in [6.07, 6.45) is 3.57. The lowest BCUT2D eigenvalue weighted by Gasteiger charge is -2.38. The minimum Gasteiger partial charge on any atom is -0.374 e. The molecule has 0 N–H and O–H groups in total. The van der Waals surface area contributed by atoms with Crippen LogP contribution in [0, 0.1) is 6.92 Å². The van der Waals surface area contributed by atoms with Crippen molar-refractivity contribution >= 4 is 21.8 Å². The third-order valence-electron chi connectivity index (χ3n) is 4.10. The van der Waals surface area contributed by atoms with E-state index in [0.29, 0.717) is 13.2 Å². The molecule has 0 aromatic heterocycles.